The van der Waals surface area contributed by atoms with Crippen LogP contribution in [0.15, 0.2) is 0 Å². The van der Waals surface area contributed by atoms with E-state index in [0.717, 1.165) is 30.0 Å². The SMILES string of the molecule is CCOC(=O)c1sc2c(c1C)CCNC2. The van der Waals surface area contributed by atoms with Gasteiger partial charge in [0.15, 0.2) is 0 Å². The smallest absolute Gasteiger partial charge is 0.348 e. The number of carbonyl (C=O) groups is 1. The van der Waals surface area contributed by atoms with Crippen LogP contribution in [0.3, 0.4) is 0 Å². The van der Waals surface area contributed by atoms with Crippen molar-refractivity contribution in [3.8, 4) is 0 Å². The topological polar surface area (TPSA) is 38.3 Å². The Balaban J connectivity index is 2.32. The van der Waals surface area contributed by atoms with Gasteiger partial charge in [-0.05, 0) is 37.9 Å². The number of rotatable bonds is 2. The van der Waals surface area contributed by atoms with Gasteiger partial charge in [-0.15, -0.1) is 11.3 Å². The zero-order valence-electron chi connectivity index (χ0n) is 9.05. The second-order valence-corrected chi connectivity index (χ2v) is 4.71. The number of fused-ring (bicyclic) bond motifs is 1. The Labute approximate surface area is 93.4 Å². The summed E-state index contributed by atoms with van der Waals surface area (Å²) in [6.45, 7) is 6.20. The molecule has 4 heteroatoms. The first-order valence-electron chi connectivity index (χ1n) is 5.23. The lowest BCUT2D eigenvalue weighted by molar-refractivity contribution is 0.0531. The summed E-state index contributed by atoms with van der Waals surface area (Å²) in [4.78, 5) is 13.7. The predicted molar refractivity (Wildman–Crippen MR) is 60.4 cm³/mol. The van der Waals surface area contributed by atoms with E-state index in [4.69, 9.17) is 4.74 Å². The van der Waals surface area contributed by atoms with Crippen molar-refractivity contribution in [2.45, 2.75) is 26.8 Å². The van der Waals surface area contributed by atoms with Crippen LogP contribution >= 0.6 is 11.3 Å². The second kappa shape index (κ2) is 4.33. The van der Waals surface area contributed by atoms with E-state index in [0.29, 0.717) is 6.61 Å². The largest absolute Gasteiger partial charge is 0.462 e. The molecule has 1 aliphatic rings. The maximum atomic E-state index is 11.7. The van der Waals surface area contributed by atoms with Crippen LogP contribution in [0.5, 0.6) is 0 Å². The molecule has 0 saturated heterocycles. The van der Waals surface area contributed by atoms with E-state index < -0.39 is 0 Å². The van der Waals surface area contributed by atoms with Crippen LogP contribution < -0.4 is 5.32 Å². The zero-order valence-corrected chi connectivity index (χ0v) is 9.87. The Morgan fingerprint density at radius 2 is 2.40 bits per heavy atom. The van der Waals surface area contributed by atoms with Gasteiger partial charge in [-0.3, -0.25) is 0 Å². The van der Waals surface area contributed by atoms with Gasteiger partial charge < -0.3 is 10.1 Å². The van der Waals surface area contributed by atoms with E-state index in [1.807, 2.05) is 13.8 Å². The normalized spacial score (nSPS) is 14.8. The molecule has 0 amide bonds. The van der Waals surface area contributed by atoms with Crippen molar-refractivity contribution < 1.29 is 9.53 Å². The van der Waals surface area contributed by atoms with Crippen LogP contribution in [0.1, 0.15) is 32.6 Å². The number of thiophene rings is 1. The highest BCUT2D eigenvalue weighted by molar-refractivity contribution is 7.14. The van der Waals surface area contributed by atoms with Crippen molar-refractivity contribution in [1.29, 1.82) is 0 Å². The first kappa shape index (κ1) is 10.6. The van der Waals surface area contributed by atoms with Gasteiger partial charge in [0.1, 0.15) is 4.88 Å². The van der Waals surface area contributed by atoms with Crippen molar-refractivity contribution >= 4 is 17.3 Å². The average molecular weight is 225 g/mol. The molecule has 3 nitrogen and oxygen atoms in total. The molecule has 1 aromatic heterocycles. The minimum absolute atomic E-state index is 0.172. The molecule has 0 fully saturated rings. The minimum Gasteiger partial charge on any atom is -0.462 e. The molecule has 0 aliphatic carbocycles. The van der Waals surface area contributed by atoms with Crippen LogP contribution in [-0.4, -0.2) is 19.1 Å². The summed E-state index contributed by atoms with van der Waals surface area (Å²) in [6, 6.07) is 0. The number of esters is 1. The van der Waals surface area contributed by atoms with Crippen LogP contribution in [0.2, 0.25) is 0 Å². The molecule has 1 aliphatic heterocycles. The van der Waals surface area contributed by atoms with Crippen molar-refractivity contribution in [3.63, 3.8) is 0 Å². The van der Waals surface area contributed by atoms with E-state index in [-0.39, 0.29) is 5.97 Å². The van der Waals surface area contributed by atoms with Crippen LogP contribution in [-0.2, 0) is 17.7 Å². The third kappa shape index (κ3) is 1.92. The quantitative estimate of drug-likeness (QED) is 0.781. The Kier molecular flexibility index (Phi) is 3.07. The van der Waals surface area contributed by atoms with Gasteiger partial charge in [0.2, 0.25) is 0 Å². The first-order valence-corrected chi connectivity index (χ1v) is 6.04. The van der Waals surface area contributed by atoms with Gasteiger partial charge in [0.05, 0.1) is 6.61 Å². The Hall–Kier alpha value is -0.870. The molecule has 0 aromatic carbocycles. The molecule has 1 N–H and O–H groups in total. The molecule has 15 heavy (non-hydrogen) atoms. The van der Waals surface area contributed by atoms with Crippen molar-refractivity contribution in [1.82, 2.24) is 5.32 Å². The molecular formula is C11H15NO2S. The fourth-order valence-corrected chi connectivity index (χ4v) is 3.10. The summed E-state index contributed by atoms with van der Waals surface area (Å²) >= 11 is 1.57. The van der Waals surface area contributed by atoms with E-state index >= 15 is 0 Å². The van der Waals surface area contributed by atoms with Crippen LogP contribution in [0, 0.1) is 6.92 Å². The minimum atomic E-state index is -0.172. The summed E-state index contributed by atoms with van der Waals surface area (Å²) in [5.41, 5.74) is 2.47. The third-order valence-corrected chi connectivity index (χ3v) is 3.97. The maximum Gasteiger partial charge on any atom is 0.348 e. The van der Waals surface area contributed by atoms with Crippen molar-refractivity contribution in [2.24, 2.45) is 0 Å². The molecule has 82 valence electrons. The number of hydrogen-bond donors (Lipinski definition) is 1. The maximum absolute atomic E-state index is 11.7. The number of hydrogen-bond acceptors (Lipinski definition) is 4. The highest BCUT2D eigenvalue weighted by Crippen LogP contribution is 2.30. The zero-order chi connectivity index (χ0) is 10.8. The van der Waals surface area contributed by atoms with E-state index in [1.54, 1.807) is 11.3 Å². The standard InChI is InChI=1S/C11H15NO2S/c1-3-14-11(13)10-7(2)8-4-5-12-6-9(8)15-10/h12H,3-6H2,1-2H3. The second-order valence-electron chi connectivity index (χ2n) is 3.61. The average Bonchev–Trinajstić information content (AvgIpc) is 2.57. The molecule has 0 saturated carbocycles. The van der Waals surface area contributed by atoms with Gasteiger partial charge in [-0.1, -0.05) is 0 Å². The first-order chi connectivity index (χ1) is 7.24. The summed E-state index contributed by atoms with van der Waals surface area (Å²) < 4.78 is 5.04. The fourth-order valence-electron chi connectivity index (χ4n) is 1.88. The number of nitrogens with one attached hydrogen (secondary N) is 1. The Morgan fingerprint density at radius 1 is 1.60 bits per heavy atom. The molecule has 0 atom stereocenters. The Morgan fingerprint density at radius 3 is 3.07 bits per heavy atom. The summed E-state index contributed by atoms with van der Waals surface area (Å²) in [5.74, 6) is -0.172. The molecule has 0 spiro atoms. The summed E-state index contributed by atoms with van der Waals surface area (Å²) in [6.07, 6.45) is 1.02. The van der Waals surface area contributed by atoms with Gasteiger partial charge >= 0.3 is 5.97 Å². The molecular weight excluding hydrogens is 210 g/mol. The molecule has 0 unspecified atom stereocenters. The number of ether oxygens (including phenoxy) is 1. The monoisotopic (exact) mass is 225 g/mol. The fraction of sp³-hybridized carbons (Fsp3) is 0.545. The molecule has 0 bridgehead atoms. The lowest BCUT2D eigenvalue weighted by Gasteiger charge is -2.12. The lowest BCUT2D eigenvalue weighted by atomic mass is 10.0. The van der Waals surface area contributed by atoms with Crippen molar-refractivity contribution in [3.05, 3.63) is 20.9 Å². The van der Waals surface area contributed by atoms with E-state index in [1.165, 1.54) is 10.4 Å². The van der Waals surface area contributed by atoms with Crippen LogP contribution in [0.25, 0.3) is 0 Å². The van der Waals surface area contributed by atoms with Crippen LogP contribution in [0.4, 0.5) is 0 Å². The molecule has 2 heterocycles. The van der Waals surface area contributed by atoms with E-state index in [2.05, 4.69) is 5.32 Å². The van der Waals surface area contributed by atoms with Crippen molar-refractivity contribution in [2.75, 3.05) is 13.2 Å². The summed E-state index contributed by atoms with van der Waals surface area (Å²) in [7, 11) is 0. The van der Waals surface area contributed by atoms with Gasteiger partial charge in [0, 0.05) is 11.4 Å². The Bertz CT molecular complexity index is 384. The third-order valence-electron chi connectivity index (χ3n) is 2.65. The summed E-state index contributed by atoms with van der Waals surface area (Å²) in [5, 5.41) is 3.31. The highest BCUT2D eigenvalue weighted by atomic mass is 32.1. The highest BCUT2D eigenvalue weighted by Gasteiger charge is 2.22. The molecule has 2 rings (SSSR count). The predicted octanol–water partition coefficient (Wildman–Crippen LogP) is 1.88. The number of carbonyl (C=O) groups excluding carboxylic acids is 1. The van der Waals surface area contributed by atoms with Gasteiger partial charge in [-0.2, -0.15) is 0 Å². The van der Waals surface area contributed by atoms with Gasteiger partial charge in [-0.25, -0.2) is 4.79 Å². The lowest BCUT2D eigenvalue weighted by Crippen LogP contribution is -2.22. The van der Waals surface area contributed by atoms with E-state index in [9.17, 15) is 4.79 Å². The van der Waals surface area contributed by atoms with Gasteiger partial charge in [0.25, 0.3) is 0 Å². The molecule has 0 radical (unpaired) electrons. The molecule has 1 aromatic rings.